The lowest BCUT2D eigenvalue weighted by atomic mass is 10.3. The van der Waals surface area contributed by atoms with E-state index in [1.165, 1.54) is 25.7 Å². The highest BCUT2D eigenvalue weighted by Gasteiger charge is 2.29. The summed E-state index contributed by atoms with van der Waals surface area (Å²) in [5.74, 6) is 1.85. The van der Waals surface area contributed by atoms with Crippen LogP contribution in [0, 0.1) is 0 Å². The number of unbranched alkanes of at least 4 members (excludes halogenated alkanes) is 1. The maximum Gasteiger partial charge on any atom is 0.134 e. The fourth-order valence-electron chi connectivity index (χ4n) is 1.96. The minimum Gasteiger partial charge on any atom is -0.353 e. The molecule has 1 aliphatic carbocycles. The third-order valence-electron chi connectivity index (χ3n) is 3.08. The third kappa shape index (κ3) is 3.32. The van der Waals surface area contributed by atoms with Gasteiger partial charge in [0.2, 0.25) is 0 Å². The summed E-state index contributed by atoms with van der Waals surface area (Å²) in [7, 11) is 0. The van der Waals surface area contributed by atoms with Crippen LogP contribution in [0.4, 0.5) is 5.82 Å². The van der Waals surface area contributed by atoms with Gasteiger partial charge in [0.1, 0.15) is 16.8 Å². The Balaban J connectivity index is 2.18. The minimum atomic E-state index is 0.564. The molecule has 2 rings (SSSR count). The van der Waals surface area contributed by atoms with Gasteiger partial charge in [0, 0.05) is 25.1 Å². The molecule has 0 saturated heterocycles. The van der Waals surface area contributed by atoms with Crippen LogP contribution in [0.1, 0.15) is 45.4 Å². The van der Waals surface area contributed by atoms with E-state index in [9.17, 15) is 0 Å². The zero-order valence-electron chi connectivity index (χ0n) is 10.6. The summed E-state index contributed by atoms with van der Waals surface area (Å²) in [6, 6.07) is 2.58. The molecule has 0 bridgehead atoms. The molecule has 4 heteroatoms. The summed E-state index contributed by atoms with van der Waals surface area (Å²) >= 11 is 6.05. The van der Waals surface area contributed by atoms with Crippen LogP contribution >= 0.6 is 11.6 Å². The van der Waals surface area contributed by atoms with Gasteiger partial charge >= 0.3 is 0 Å². The molecule has 0 atom stereocenters. The zero-order valence-corrected chi connectivity index (χ0v) is 11.4. The predicted octanol–water partition coefficient (Wildman–Crippen LogP) is 3.46. The third-order valence-corrected chi connectivity index (χ3v) is 3.27. The van der Waals surface area contributed by atoms with Gasteiger partial charge in [-0.3, -0.25) is 0 Å². The lowest BCUT2D eigenvalue weighted by Gasteiger charge is -2.23. The van der Waals surface area contributed by atoms with Crippen molar-refractivity contribution in [3.8, 4) is 0 Å². The Bertz CT molecular complexity index is 377. The van der Waals surface area contributed by atoms with Crippen molar-refractivity contribution >= 4 is 17.4 Å². The highest BCUT2D eigenvalue weighted by molar-refractivity contribution is 6.29. The molecule has 0 unspecified atom stereocenters. The van der Waals surface area contributed by atoms with Gasteiger partial charge in [-0.15, -0.1) is 0 Å². The number of nitrogens with zero attached hydrogens (tertiary/aromatic N) is 3. The molecule has 1 aromatic heterocycles. The molecule has 1 fully saturated rings. The van der Waals surface area contributed by atoms with Crippen LogP contribution in [0.3, 0.4) is 0 Å². The van der Waals surface area contributed by atoms with Crippen LogP contribution in [0.15, 0.2) is 6.07 Å². The van der Waals surface area contributed by atoms with Crippen LogP contribution in [0.25, 0.3) is 0 Å². The number of hydrogen-bond acceptors (Lipinski definition) is 3. The largest absolute Gasteiger partial charge is 0.353 e. The van der Waals surface area contributed by atoms with Gasteiger partial charge in [-0.05, 0) is 19.3 Å². The van der Waals surface area contributed by atoms with Gasteiger partial charge < -0.3 is 4.90 Å². The van der Waals surface area contributed by atoms with Gasteiger partial charge in [-0.25, -0.2) is 9.97 Å². The van der Waals surface area contributed by atoms with Crippen LogP contribution < -0.4 is 4.90 Å². The summed E-state index contributed by atoms with van der Waals surface area (Å²) in [5.41, 5.74) is 0. The lowest BCUT2D eigenvalue weighted by Crippen LogP contribution is -2.28. The molecule has 0 aromatic carbocycles. The average Bonchev–Trinajstić information content (AvgIpc) is 3.13. The first kappa shape index (κ1) is 12.6. The Morgan fingerprint density at radius 1 is 1.35 bits per heavy atom. The van der Waals surface area contributed by atoms with Crippen molar-refractivity contribution in [2.75, 3.05) is 11.4 Å². The van der Waals surface area contributed by atoms with Gasteiger partial charge in [-0.2, -0.15) is 0 Å². The van der Waals surface area contributed by atoms with Crippen molar-refractivity contribution in [1.82, 2.24) is 9.97 Å². The van der Waals surface area contributed by atoms with E-state index in [0.717, 1.165) is 24.6 Å². The van der Waals surface area contributed by atoms with E-state index in [1.807, 2.05) is 6.07 Å². The van der Waals surface area contributed by atoms with Crippen LogP contribution in [0.5, 0.6) is 0 Å². The molecule has 0 aliphatic heterocycles. The molecule has 1 aliphatic rings. The Labute approximate surface area is 108 Å². The minimum absolute atomic E-state index is 0.564. The van der Waals surface area contributed by atoms with Crippen LogP contribution in [-0.2, 0) is 6.42 Å². The fraction of sp³-hybridized carbons (Fsp3) is 0.692. The van der Waals surface area contributed by atoms with E-state index >= 15 is 0 Å². The molecular formula is C13H20ClN3. The standard InChI is InChI=1S/C13H20ClN3/c1-3-5-8-17(10-6-7-10)13-9-11(14)15-12(4-2)16-13/h9-10H,3-8H2,1-2H3. The Morgan fingerprint density at radius 3 is 2.71 bits per heavy atom. The molecule has 94 valence electrons. The smallest absolute Gasteiger partial charge is 0.134 e. The predicted molar refractivity (Wildman–Crippen MR) is 71.7 cm³/mol. The second-order valence-corrected chi connectivity index (χ2v) is 4.98. The number of rotatable bonds is 6. The second-order valence-electron chi connectivity index (χ2n) is 4.60. The Morgan fingerprint density at radius 2 is 2.12 bits per heavy atom. The summed E-state index contributed by atoms with van der Waals surface area (Å²) < 4.78 is 0. The van der Waals surface area contributed by atoms with Gasteiger partial charge in [0.05, 0.1) is 0 Å². The summed E-state index contributed by atoms with van der Waals surface area (Å²) in [4.78, 5) is 11.2. The van der Waals surface area contributed by atoms with E-state index in [2.05, 4.69) is 28.7 Å². The van der Waals surface area contributed by atoms with Gasteiger partial charge in [0.25, 0.3) is 0 Å². The van der Waals surface area contributed by atoms with E-state index in [0.29, 0.717) is 11.2 Å². The Hall–Kier alpha value is -0.830. The van der Waals surface area contributed by atoms with E-state index < -0.39 is 0 Å². The van der Waals surface area contributed by atoms with E-state index in [-0.39, 0.29) is 0 Å². The second kappa shape index (κ2) is 5.67. The van der Waals surface area contributed by atoms with Gasteiger partial charge in [-0.1, -0.05) is 31.9 Å². The zero-order chi connectivity index (χ0) is 12.3. The molecule has 3 nitrogen and oxygen atoms in total. The number of hydrogen-bond donors (Lipinski definition) is 0. The fourth-order valence-corrected chi connectivity index (χ4v) is 2.15. The van der Waals surface area contributed by atoms with Crippen molar-refractivity contribution in [3.63, 3.8) is 0 Å². The number of aromatic nitrogens is 2. The molecule has 0 radical (unpaired) electrons. The number of anilines is 1. The molecule has 17 heavy (non-hydrogen) atoms. The van der Waals surface area contributed by atoms with E-state index in [4.69, 9.17) is 11.6 Å². The first-order valence-electron chi connectivity index (χ1n) is 6.54. The molecular weight excluding hydrogens is 234 g/mol. The molecule has 0 N–H and O–H groups in total. The molecule has 1 heterocycles. The highest BCUT2D eigenvalue weighted by atomic mass is 35.5. The lowest BCUT2D eigenvalue weighted by molar-refractivity contribution is 0.700. The summed E-state index contributed by atoms with van der Waals surface area (Å²) in [6.45, 7) is 5.36. The van der Waals surface area contributed by atoms with Crippen LogP contribution in [-0.4, -0.2) is 22.6 Å². The normalized spacial score (nSPS) is 15.0. The van der Waals surface area contributed by atoms with Crippen molar-refractivity contribution in [1.29, 1.82) is 0 Å². The highest BCUT2D eigenvalue weighted by Crippen LogP contribution is 2.31. The van der Waals surface area contributed by atoms with E-state index in [1.54, 1.807) is 0 Å². The van der Waals surface area contributed by atoms with Crippen LogP contribution in [0.2, 0.25) is 5.15 Å². The van der Waals surface area contributed by atoms with Crippen molar-refractivity contribution in [2.24, 2.45) is 0 Å². The average molecular weight is 254 g/mol. The van der Waals surface area contributed by atoms with Crippen molar-refractivity contribution < 1.29 is 0 Å². The molecule has 1 saturated carbocycles. The summed E-state index contributed by atoms with van der Waals surface area (Å²) in [6.07, 6.45) is 5.82. The quantitative estimate of drug-likeness (QED) is 0.727. The molecule has 0 spiro atoms. The summed E-state index contributed by atoms with van der Waals surface area (Å²) in [5, 5.41) is 0.564. The Kier molecular flexibility index (Phi) is 4.21. The number of halogens is 1. The molecule has 1 aromatic rings. The first-order chi connectivity index (χ1) is 8.24. The maximum atomic E-state index is 6.05. The monoisotopic (exact) mass is 253 g/mol. The topological polar surface area (TPSA) is 29.0 Å². The maximum absolute atomic E-state index is 6.05. The van der Waals surface area contributed by atoms with Gasteiger partial charge in [0.15, 0.2) is 0 Å². The first-order valence-corrected chi connectivity index (χ1v) is 6.92. The SMILES string of the molecule is CCCCN(c1cc(Cl)nc(CC)n1)C1CC1. The van der Waals surface area contributed by atoms with Crippen molar-refractivity contribution in [2.45, 2.75) is 52.0 Å². The van der Waals surface area contributed by atoms with Crippen molar-refractivity contribution in [3.05, 3.63) is 17.0 Å². The number of aryl methyl sites for hydroxylation is 1. The molecule has 0 amide bonds.